The van der Waals surface area contributed by atoms with Gasteiger partial charge in [-0.25, -0.2) is 0 Å². The molecule has 1 aliphatic carbocycles. The van der Waals surface area contributed by atoms with Gasteiger partial charge in [0.05, 0.1) is 11.7 Å². The van der Waals surface area contributed by atoms with Crippen molar-refractivity contribution in [3.05, 3.63) is 65.4 Å². The summed E-state index contributed by atoms with van der Waals surface area (Å²) in [6.45, 7) is 4.05. The van der Waals surface area contributed by atoms with Crippen LogP contribution in [0.3, 0.4) is 0 Å². The summed E-state index contributed by atoms with van der Waals surface area (Å²) in [6.07, 6.45) is 3.62. The lowest BCUT2D eigenvalue weighted by atomic mass is 9.87. The molecule has 1 aromatic heterocycles. The van der Waals surface area contributed by atoms with Gasteiger partial charge in [-0.3, -0.25) is 19.5 Å². The molecule has 3 aromatic rings. The highest BCUT2D eigenvalue weighted by molar-refractivity contribution is 6.00. The molecule has 3 atom stereocenters. The minimum Gasteiger partial charge on any atom is -0.347 e. The molecule has 0 bridgehead atoms. The number of nitrogens with one attached hydrogen (secondary N) is 2. The summed E-state index contributed by atoms with van der Waals surface area (Å²) >= 11 is 0. The zero-order chi connectivity index (χ0) is 25.6. The molecule has 5 rings (SSSR count). The number of likely N-dealkylation sites (N-methyl/N-ethyl adjacent to an activating group) is 1. The first-order chi connectivity index (χ1) is 17.2. The van der Waals surface area contributed by atoms with Gasteiger partial charge >= 0.3 is 0 Å². The van der Waals surface area contributed by atoms with E-state index in [0.717, 1.165) is 23.7 Å². The highest BCUT2D eigenvalue weighted by Gasteiger charge is 2.49. The van der Waals surface area contributed by atoms with Gasteiger partial charge in [0.1, 0.15) is 18.1 Å². The summed E-state index contributed by atoms with van der Waals surface area (Å²) in [5.74, 6) is -0.499. The lowest BCUT2D eigenvalue weighted by molar-refractivity contribution is -0.159. The number of piperazine rings is 1. The molecule has 1 unspecified atom stereocenters. The summed E-state index contributed by atoms with van der Waals surface area (Å²) in [5.41, 5.74) is 3.95. The molecule has 3 amide bonds. The van der Waals surface area contributed by atoms with Crippen LogP contribution in [0.15, 0.2) is 48.7 Å². The topological polar surface area (TPSA) is 98.4 Å². The first kappa shape index (κ1) is 24.0. The van der Waals surface area contributed by atoms with Gasteiger partial charge in [-0.15, -0.1) is 0 Å². The van der Waals surface area contributed by atoms with E-state index in [2.05, 4.69) is 27.6 Å². The SMILES string of the molecule is CC(C)C[C@@H]1C(=O)NC(C2Cc3ccccc3C2)C(=O)N1[C@@H](C(=O)N(C)C)c1ccc2[nH]ncc2c1. The normalized spacial score (nSPS) is 21.1. The van der Waals surface area contributed by atoms with Gasteiger partial charge in [0.15, 0.2) is 0 Å². The average molecular weight is 488 g/mol. The first-order valence-corrected chi connectivity index (χ1v) is 12.6. The Morgan fingerprint density at radius 1 is 1.11 bits per heavy atom. The van der Waals surface area contributed by atoms with E-state index in [1.54, 1.807) is 25.2 Å². The summed E-state index contributed by atoms with van der Waals surface area (Å²) in [6, 6.07) is 11.5. The third-order valence-electron chi connectivity index (χ3n) is 7.44. The Bertz CT molecular complexity index is 1290. The number of fused-ring (bicyclic) bond motifs is 2. The van der Waals surface area contributed by atoms with Crippen LogP contribution in [0.4, 0.5) is 0 Å². The summed E-state index contributed by atoms with van der Waals surface area (Å²) < 4.78 is 0. The van der Waals surface area contributed by atoms with Gasteiger partial charge in [0.2, 0.25) is 17.7 Å². The molecule has 2 aromatic carbocycles. The second kappa shape index (κ2) is 9.41. The van der Waals surface area contributed by atoms with Gasteiger partial charge in [-0.1, -0.05) is 44.2 Å². The van der Waals surface area contributed by atoms with Crippen LogP contribution in [0.25, 0.3) is 10.9 Å². The monoisotopic (exact) mass is 487 g/mol. The van der Waals surface area contributed by atoms with E-state index >= 15 is 0 Å². The van der Waals surface area contributed by atoms with Crippen LogP contribution in [-0.4, -0.2) is 63.9 Å². The fourth-order valence-corrected chi connectivity index (χ4v) is 5.67. The second-order valence-electron chi connectivity index (χ2n) is 10.7. The lowest BCUT2D eigenvalue weighted by Gasteiger charge is -2.45. The van der Waals surface area contributed by atoms with Crippen molar-refractivity contribution in [3.8, 4) is 0 Å². The quantitative estimate of drug-likeness (QED) is 0.559. The second-order valence-corrected chi connectivity index (χ2v) is 10.7. The summed E-state index contributed by atoms with van der Waals surface area (Å²) in [4.78, 5) is 44.6. The van der Waals surface area contributed by atoms with E-state index in [4.69, 9.17) is 0 Å². The predicted octanol–water partition coefficient (Wildman–Crippen LogP) is 2.85. The molecule has 0 radical (unpaired) electrons. The Morgan fingerprint density at radius 3 is 2.44 bits per heavy atom. The molecule has 1 saturated heterocycles. The largest absolute Gasteiger partial charge is 0.347 e. The number of rotatable bonds is 6. The van der Waals surface area contributed by atoms with Crippen molar-refractivity contribution >= 4 is 28.6 Å². The Hall–Kier alpha value is -3.68. The van der Waals surface area contributed by atoms with Gasteiger partial charge in [0.25, 0.3) is 0 Å². The van der Waals surface area contributed by atoms with Gasteiger partial charge < -0.3 is 15.1 Å². The van der Waals surface area contributed by atoms with E-state index in [1.807, 2.05) is 44.2 Å². The molecule has 8 nitrogen and oxygen atoms in total. The number of carbonyl (C=O) groups is 3. The van der Waals surface area contributed by atoms with Crippen molar-refractivity contribution in [2.45, 2.75) is 51.2 Å². The molecule has 0 spiro atoms. The summed E-state index contributed by atoms with van der Waals surface area (Å²) in [7, 11) is 3.37. The molecule has 2 heterocycles. The van der Waals surface area contributed by atoms with E-state index in [9.17, 15) is 14.4 Å². The number of hydrogen-bond acceptors (Lipinski definition) is 4. The molecular formula is C28H33N5O3. The average Bonchev–Trinajstić information content (AvgIpc) is 3.49. The zero-order valence-corrected chi connectivity index (χ0v) is 21.2. The fourth-order valence-electron chi connectivity index (χ4n) is 5.67. The van der Waals surface area contributed by atoms with E-state index in [1.165, 1.54) is 16.0 Å². The van der Waals surface area contributed by atoms with Crippen molar-refractivity contribution < 1.29 is 14.4 Å². The molecule has 8 heteroatoms. The number of carbonyl (C=O) groups excluding carboxylic acids is 3. The maximum atomic E-state index is 14.3. The maximum absolute atomic E-state index is 14.3. The number of nitrogens with zero attached hydrogens (tertiary/aromatic N) is 3. The van der Waals surface area contributed by atoms with Gasteiger partial charge in [-0.05, 0) is 59.9 Å². The minimum absolute atomic E-state index is 0.0483. The molecular weight excluding hydrogens is 454 g/mol. The first-order valence-electron chi connectivity index (χ1n) is 12.6. The molecule has 1 fully saturated rings. The van der Waals surface area contributed by atoms with Crippen LogP contribution in [0.1, 0.15) is 43.0 Å². The molecule has 188 valence electrons. The molecule has 2 aliphatic rings. The number of aromatic amines is 1. The molecule has 0 saturated carbocycles. The fraction of sp³-hybridized carbons (Fsp3) is 0.429. The van der Waals surface area contributed by atoms with Gasteiger partial charge in [0, 0.05) is 19.5 Å². The molecule has 2 N–H and O–H groups in total. The Labute approximate surface area is 211 Å². The van der Waals surface area contributed by atoms with Gasteiger partial charge in [-0.2, -0.15) is 5.10 Å². The minimum atomic E-state index is -0.909. The van der Waals surface area contributed by atoms with Crippen molar-refractivity contribution in [3.63, 3.8) is 0 Å². The highest BCUT2D eigenvalue weighted by atomic mass is 16.2. The Morgan fingerprint density at radius 2 is 1.81 bits per heavy atom. The number of H-pyrrole nitrogens is 1. The Kier molecular flexibility index (Phi) is 6.28. The van der Waals surface area contributed by atoms with Crippen LogP contribution < -0.4 is 5.32 Å². The van der Waals surface area contributed by atoms with Crippen molar-refractivity contribution in [2.75, 3.05) is 14.1 Å². The molecule has 36 heavy (non-hydrogen) atoms. The highest BCUT2D eigenvalue weighted by Crippen LogP contribution is 2.36. The van der Waals surface area contributed by atoms with Crippen LogP contribution in [0, 0.1) is 11.8 Å². The predicted molar refractivity (Wildman–Crippen MR) is 137 cm³/mol. The zero-order valence-electron chi connectivity index (χ0n) is 21.2. The van der Waals surface area contributed by atoms with Crippen LogP contribution in [0.5, 0.6) is 0 Å². The summed E-state index contributed by atoms with van der Waals surface area (Å²) in [5, 5.41) is 10.9. The number of aromatic nitrogens is 2. The number of benzene rings is 2. The van der Waals surface area contributed by atoms with E-state index in [-0.39, 0.29) is 29.6 Å². The number of amides is 3. The standard InChI is InChI=1S/C28H33N5O3/c1-16(2)11-23-26(34)30-24(20-12-17-7-5-6-8-18(17)13-20)27(35)33(23)25(28(36)32(3)4)19-9-10-22-21(14-19)15-29-31-22/h5-10,14-16,20,23-25H,11-13H2,1-4H3,(H,29,31)(H,30,34)/t23-,24?,25-/m1/s1. The van der Waals surface area contributed by atoms with Crippen LogP contribution in [0.2, 0.25) is 0 Å². The Balaban J connectivity index is 1.57. The van der Waals surface area contributed by atoms with Crippen LogP contribution in [-0.2, 0) is 27.2 Å². The van der Waals surface area contributed by atoms with Crippen molar-refractivity contribution in [2.24, 2.45) is 11.8 Å². The third-order valence-corrected chi connectivity index (χ3v) is 7.44. The number of hydrogen-bond donors (Lipinski definition) is 2. The van der Waals surface area contributed by atoms with E-state index in [0.29, 0.717) is 12.0 Å². The lowest BCUT2D eigenvalue weighted by Crippen LogP contribution is -2.67. The van der Waals surface area contributed by atoms with E-state index < -0.39 is 18.1 Å². The molecule has 1 aliphatic heterocycles. The maximum Gasteiger partial charge on any atom is 0.249 e. The van der Waals surface area contributed by atoms with Crippen molar-refractivity contribution in [1.82, 2.24) is 25.3 Å². The third kappa shape index (κ3) is 4.25. The van der Waals surface area contributed by atoms with Crippen LogP contribution >= 0.6 is 0 Å². The smallest absolute Gasteiger partial charge is 0.249 e. The van der Waals surface area contributed by atoms with Crippen molar-refractivity contribution in [1.29, 1.82) is 0 Å².